The van der Waals surface area contributed by atoms with E-state index in [4.69, 9.17) is 0 Å². The van der Waals surface area contributed by atoms with Crippen LogP contribution in [0.15, 0.2) is 41.8 Å². The number of benzene rings is 1. The van der Waals surface area contributed by atoms with Gasteiger partial charge in [0.1, 0.15) is 0 Å². The molecule has 0 saturated carbocycles. The van der Waals surface area contributed by atoms with E-state index in [0.717, 1.165) is 18.0 Å². The molecule has 112 valence electrons. The second-order valence-corrected chi connectivity index (χ2v) is 6.62. The van der Waals surface area contributed by atoms with Gasteiger partial charge in [-0.15, -0.1) is 11.3 Å². The minimum atomic E-state index is 0.256. The van der Waals surface area contributed by atoms with Gasteiger partial charge in [0.2, 0.25) is 0 Å². The summed E-state index contributed by atoms with van der Waals surface area (Å²) in [6.45, 7) is 8.10. The van der Waals surface area contributed by atoms with E-state index in [9.17, 15) is 4.79 Å². The van der Waals surface area contributed by atoms with Gasteiger partial charge in [-0.2, -0.15) is 0 Å². The number of carbonyl (C=O) groups is 1. The zero-order chi connectivity index (χ0) is 15.2. The third kappa shape index (κ3) is 4.80. The summed E-state index contributed by atoms with van der Waals surface area (Å²) in [7, 11) is 0. The molecule has 2 rings (SSSR count). The molecule has 0 fully saturated rings. The fraction of sp³-hybridized carbons (Fsp3) is 0.389. The number of hydrogen-bond acceptors (Lipinski definition) is 3. The summed E-state index contributed by atoms with van der Waals surface area (Å²) in [4.78, 5) is 15.5. The van der Waals surface area contributed by atoms with Gasteiger partial charge >= 0.3 is 0 Å². The summed E-state index contributed by atoms with van der Waals surface area (Å²) in [5, 5.41) is 2.04. The molecule has 0 N–H and O–H groups in total. The first-order valence-corrected chi connectivity index (χ1v) is 8.30. The molecule has 0 spiro atoms. The molecule has 0 aliphatic heterocycles. The van der Waals surface area contributed by atoms with Crippen LogP contribution in [0.2, 0.25) is 0 Å². The van der Waals surface area contributed by atoms with E-state index in [1.165, 1.54) is 11.1 Å². The monoisotopic (exact) mass is 301 g/mol. The Balaban J connectivity index is 1.93. The number of hydrogen-bond donors (Lipinski definition) is 0. The molecule has 0 aliphatic rings. The van der Waals surface area contributed by atoms with Crippen molar-refractivity contribution in [2.24, 2.45) is 0 Å². The molecule has 0 aliphatic carbocycles. The predicted molar refractivity (Wildman–Crippen MR) is 90.0 cm³/mol. The Kier molecular flexibility index (Phi) is 5.71. The van der Waals surface area contributed by atoms with Gasteiger partial charge in [-0.05, 0) is 43.3 Å². The van der Waals surface area contributed by atoms with E-state index in [1.54, 1.807) is 11.3 Å². The maximum Gasteiger partial charge on any atom is 0.174 e. The number of Topliss-reactive ketones (excluding diaryl/α,β-unsaturated/α-hetero) is 1. The first-order chi connectivity index (χ1) is 10.1. The molecule has 1 heterocycles. The van der Waals surface area contributed by atoms with Crippen molar-refractivity contribution in [2.45, 2.75) is 39.8 Å². The van der Waals surface area contributed by atoms with Crippen LogP contribution in [0.4, 0.5) is 0 Å². The highest BCUT2D eigenvalue weighted by Gasteiger charge is 2.14. The highest BCUT2D eigenvalue weighted by molar-refractivity contribution is 7.12. The van der Waals surface area contributed by atoms with Crippen LogP contribution in [0.25, 0.3) is 0 Å². The van der Waals surface area contributed by atoms with Crippen molar-refractivity contribution in [3.05, 3.63) is 57.8 Å². The van der Waals surface area contributed by atoms with Gasteiger partial charge in [0.05, 0.1) is 4.88 Å². The normalized spacial score (nSPS) is 11.3. The van der Waals surface area contributed by atoms with Crippen molar-refractivity contribution in [1.29, 1.82) is 0 Å². The molecule has 0 bridgehead atoms. The largest absolute Gasteiger partial charge is 0.296 e. The second kappa shape index (κ2) is 7.53. The van der Waals surface area contributed by atoms with Crippen molar-refractivity contribution >= 4 is 17.1 Å². The van der Waals surface area contributed by atoms with Crippen LogP contribution in [0.5, 0.6) is 0 Å². The quantitative estimate of drug-likeness (QED) is 0.700. The van der Waals surface area contributed by atoms with Gasteiger partial charge in [-0.1, -0.05) is 30.3 Å². The van der Waals surface area contributed by atoms with Crippen LogP contribution in [0.3, 0.4) is 0 Å². The molecule has 0 unspecified atom stereocenters. The number of rotatable bonds is 7. The van der Waals surface area contributed by atoms with Gasteiger partial charge in [-0.25, -0.2) is 0 Å². The summed E-state index contributed by atoms with van der Waals surface area (Å²) in [6, 6.07) is 12.9. The molecule has 0 radical (unpaired) electrons. The third-order valence-corrected chi connectivity index (χ3v) is 4.68. The van der Waals surface area contributed by atoms with Crippen LogP contribution < -0.4 is 0 Å². The highest BCUT2D eigenvalue weighted by atomic mass is 32.1. The number of ketones is 1. The molecule has 2 aromatic rings. The van der Waals surface area contributed by atoms with E-state index in [0.29, 0.717) is 12.5 Å². The van der Waals surface area contributed by atoms with Gasteiger partial charge in [-0.3, -0.25) is 9.69 Å². The Hall–Kier alpha value is -1.45. The third-order valence-electron chi connectivity index (χ3n) is 3.59. The maximum absolute atomic E-state index is 12.2. The molecule has 0 saturated heterocycles. The smallest absolute Gasteiger partial charge is 0.174 e. The summed E-state index contributed by atoms with van der Waals surface area (Å²) in [6.07, 6.45) is 0.588. The fourth-order valence-corrected chi connectivity index (χ4v) is 3.15. The van der Waals surface area contributed by atoms with E-state index in [1.807, 2.05) is 24.4 Å². The van der Waals surface area contributed by atoms with Gasteiger partial charge < -0.3 is 0 Å². The van der Waals surface area contributed by atoms with Crippen LogP contribution in [0.1, 0.15) is 41.1 Å². The molecule has 3 heteroatoms. The van der Waals surface area contributed by atoms with Crippen LogP contribution in [-0.2, 0) is 6.54 Å². The zero-order valence-corrected chi connectivity index (χ0v) is 13.8. The van der Waals surface area contributed by atoms with Crippen molar-refractivity contribution in [3.63, 3.8) is 0 Å². The molecule has 21 heavy (non-hydrogen) atoms. The van der Waals surface area contributed by atoms with E-state index in [-0.39, 0.29) is 5.78 Å². The standard InChI is InChI=1S/C18H23NOS/c1-14(2)19(12-16-7-5-4-6-8-16)10-9-17(20)18-11-15(3)13-21-18/h4-8,11,13-14H,9-10,12H2,1-3H3. The number of thiophene rings is 1. The second-order valence-electron chi connectivity index (χ2n) is 5.71. The van der Waals surface area contributed by atoms with Gasteiger partial charge in [0, 0.05) is 25.6 Å². The van der Waals surface area contributed by atoms with E-state index < -0.39 is 0 Å². The van der Waals surface area contributed by atoms with Crippen molar-refractivity contribution in [3.8, 4) is 0 Å². The topological polar surface area (TPSA) is 20.3 Å². The van der Waals surface area contributed by atoms with Gasteiger partial charge in [0.15, 0.2) is 5.78 Å². The van der Waals surface area contributed by atoms with Gasteiger partial charge in [0.25, 0.3) is 0 Å². The molecule has 1 aromatic heterocycles. The van der Waals surface area contributed by atoms with Crippen LogP contribution in [0, 0.1) is 6.92 Å². The van der Waals surface area contributed by atoms with Crippen LogP contribution in [-0.4, -0.2) is 23.3 Å². The Labute approximate surface area is 131 Å². The molecular formula is C18H23NOS. The number of carbonyl (C=O) groups excluding carboxylic acids is 1. The Morgan fingerprint density at radius 1 is 1.24 bits per heavy atom. The lowest BCUT2D eigenvalue weighted by atomic mass is 10.1. The summed E-state index contributed by atoms with van der Waals surface area (Å²) in [5.41, 5.74) is 2.47. The van der Waals surface area contributed by atoms with Crippen molar-refractivity contribution < 1.29 is 4.79 Å². The Bertz CT molecular complexity index is 574. The highest BCUT2D eigenvalue weighted by Crippen LogP contribution is 2.17. The Morgan fingerprint density at radius 3 is 2.52 bits per heavy atom. The van der Waals surface area contributed by atoms with E-state index in [2.05, 4.69) is 43.0 Å². The maximum atomic E-state index is 12.2. The molecule has 1 aromatic carbocycles. The van der Waals surface area contributed by atoms with E-state index >= 15 is 0 Å². The molecule has 0 amide bonds. The first kappa shape index (κ1) is 15.9. The molecular weight excluding hydrogens is 278 g/mol. The number of aryl methyl sites for hydroxylation is 1. The van der Waals surface area contributed by atoms with Crippen molar-refractivity contribution in [1.82, 2.24) is 4.90 Å². The molecule has 2 nitrogen and oxygen atoms in total. The summed E-state index contributed by atoms with van der Waals surface area (Å²) in [5.74, 6) is 0.256. The lowest BCUT2D eigenvalue weighted by molar-refractivity contribution is 0.0956. The average Bonchev–Trinajstić information content (AvgIpc) is 2.90. The predicted octanol–water partition coefficient (Wildman–Crippen LogP) is 4.54. The molecule has 0 atom stereocenters. The van der Waals surface area contributed by atoms with Crippen LogP contribution >= 0.6 is 11.3 Å². The van der Waals surface area contributed by atoms with Crippen molar-refractivity contribution in [2.75, 3.05) is 6.54 Å². The number of nitrogens with zero attached hydrogens (tertiary/aromatic N) is 1. The zero-order valence-electron chi connectivity index (χ0n) is 13.0. The minimum Gasteiger partial charge on any atom is -0.296 e. The average molecular weight is 301 g/mol. The minimum absolute atomic E-state index is 0.256. The first-order valence-electron chi connectivity index (χ1n) is 7.42. The fourth-order valence-electron chi connectivity index (χ4n) is 2.28. The Morgan fingerprint density at radius 2 is 1.95 bits per heavy atom. The lowest BCUT2D eigenvalue weighted by Gasteiger charge is -2.26. The lowest BCUT2D eigenvalue weighted by Crippen LogP contribution is -2.32. The summed E-state index contributed by atoms with van der Waals surface area (Å²) >= 11 is 1.55. The summed E-state index contributed by atoms with van der Waals surface area (Å²) < 4.78 is 0. The SMILES string of the molecule is Cc1csc(C(=O)CCN(Cc2ccccc2)C(C)C)c1.